The third kappa shape index (κ3) is 2.60. The van der Waals surface area contributed by atoms with Crippen molar-refractivity contribution in [1.29, 1.82) is 0 Å². The van der Waals surface area contributed by atoms with Gasteiger partial charge in [0, 0.05) is 6.54 Å². The number of aromatic nitrogens is 3. The Labute approximate surface area is 71.6 Å². The molecule has 0 saturated heterocycles. The lowest BCUT2D eigenvalue weighted by atomic mass is 9.97. The molecule has 12 heavy (non-hydrogen) atoms. The zero-order valence-electron chi connectivity index (χ0n) is 7.71. The van der Waals surface area contributed by atoms with Crippen LogP contribution >= 0.6 is 0 Å². The molecule has 0 N–H and O–H groups in total. The van der Waals surface area contributed by atoms with Crippen molar-refractivity contribution in [2.24, 2.45) is 5.41 Å². The second-order valence-corrected chi connectivity index (χ2v) is 4.10. The van der Waals surface area contributed by atoms with Crippen LogP contribution in [0.5, 0.6) is 0 Å². The van der Waals surface area contributed by atoms with Crippen molar-refractivity contribution in [2.45, 2.75) is 34.0 Å². The first kappa shape index (κ1) is 9.16. The molecule has 0 aliphatic heterocycles. The van der Waals surface area contributed by atoms with Crippen molar-refractivity contribution in [3.8, 4) is 0 Å². The van der Waals surface area contributed by atoms with Gasteiger partial charge >= 0.3 is 0 Å². The minimum atomic E-state index is -0.538. The minimum Gasteiger partial charge on any atom is -0.252 e. The maximum atomic E-state index is 12.1. The van der Waals surface area contributed by atoms with Crippen LogP contribution in [-0.2, 0) is 13.2 Å². The molecule has 68 valence electrons. The number of rotatable bonds is 2. The Kier molecular flexibility index (Phi) is 2.45. The number of alkyl halides is 1. The maximum Gasteiger partial charge on any atom is 0.135 e. The Morgan fingerprint density at radius 2 is 2.17 bits per heavy atom. The lowest BCUT2D eigenvalue weighted by molar-refractivity contribution is 0.321. The summed E-state index contributed by atoms with van der Waals surface area (Å²) in [4.78, 5) is 0. The fourth-order valence-corrected chi connectivity index (χ4v) is 0.963. The van der Waals surface area contributed by atoms with Gasteiger partial charge in [-0.1, -0.05) is 26.0 Å². The fourth-order valence-electron chi connectivity index (χ4n) is 0.963. The van der Waals surface area contributed by atoms with E-state index in [1.54, 1.807) is 10.9 Å². The van der Waals surface area contributed by atoms with E-state index in [-0.39, 0.29) is 5.41 Å². The third-order valence-electron chi connectivity index (χ3n) is 1.36. The number of halogens is 1. The molecule has 0 fully saturated rings. The first-order valence-corrected chi connectivity index (χ1v) is 3.96. The van der Waals surface area contributed by atoms with Crippen LogP contribution in [0.3, 0.4) is 0 Å². The molecule has 1 heterocycles. The summed E-state index contributed by atoms with van der Waals surface area (Å²) in [6, 6.07) is 0. The summed E-state index contributed by atoms with van der Waals surface area (Å²) in [5.74, 6) is 0. The van der Waals surface area contributed by atoms with Crippen LogP contribution in [0.25, 0.3) is 0 Å². The Bertz CT molecular complexity index is 249. The Morgan fingerprint density at radius 3 is 2.58 bits per heavy atom. The normalized spacial score (nSPS) is 12.0. The summed E-state index contributed by atoms with van der Waals surface area (Å²) >= 11 is 0. The molecular weight excluding hydrogens is 157 g/mol. The van der Waals surface area contributed by atoms with Crippen molar-refractivity contribution in [1.82, 2.24) is 15.0 Å². The van der Waals surface area contributed by atoms with E-state index < -0.39 is 6.67 Å². The highest BCUT2D eigenvalue weighted by Crippen LogP contribution is 2.15. The van der Waals surface area contributed by atoms with Gasteiger partial charge in [-0.3, -0.25) is 4.68 Å². The molecule has 1 rings (SSSR count). The molecule has 0 saturated carbocycles. The van der Waals surface area contributed by atoms with Crippen LogP contribution < -0.4 is 0 Å². The highest BCUT2D eigenvalue weighted by atomic mass is 19.1. The largest absolute Gasteiger partial charge is 0.252 e. The van der Waals surface area contributed by atoms with E-state index in [4.69, 9.17) is 0 Å². The van der Waals surface area contributed by atoms with Gasteiger partial charge in [-0.05, 0) is 5.41 Å². The van der Waals surface area contributed by atoms with Crippen LogP contribution in [0.2, 0.25) is 0 Å². The SMILES string of the molecule is CC(C)(C)Cn1cc(CF)nn1. The van der Waals surface area contributed by atoms with Gasteiger partial charge in [0.1, 0.15) is 12.4 Å². The monoisotopic (exact) mass is 171 g/mol. The minimum absolute atomic E-state index is 0.154. The smallest absolute Gasteiger partial charge is 0.135 e. The van der Waals surface area contributed by atoms with Gasteiger partial charge in [-0.25, -0.2) is 4.39 Å². The average molecular weight is 171 g/mol. The lowest BCUT2D eigenvalue weighted by Gasteiger charge is -2.16. The molecule has 3 nitrogen and oxygen atoms in total. The number of hydrogen-bond donors (Lipinski definition) is 0. The van der Waals surface area contributed by atoms with Crippen molar-refractivity contribution in [3.05, 3.63) is 11.9 Å². The van der Waals surface area contributed by atoms with E-state index in [2.05, 4.69) is 31.1 Å². The molecule has 0 amide bonds. The van der Waals surface area contributed by atoms with E-state index in [0.29, 0.717) is 5.69 Å². The van der Waals surface area contributed by atoms with Gasteiger partial charge in [0.2, 0.25) is 0 Å². The molecule has 0 unspecified atom stereocenters. The zero-order valence-corrected chi connectivity index (χ0v) is 7.71. The summed E-state index contributed by atoms with van der Waals surface area (Å²) in [5.41, 5.74) is 0.556. The summed E-state index contributed by atoms with van der Waals surface area (Å²) in [5, 5.41) is 7.46. The van der Waals surface area contributed by atoms with E-state index >= 15 is 0 Å². The Balaban J connectivity index is 2.64. The topological polar surface area (TPSA) is 30.7 Å². The molecule has 0 bridgehead atoms. The van der Waals surface area contributed by atoms with Gasteiger partial charge in [-0.2, -0.15) is 0 Å². The summed E-state index contributed by atoms with van der Waals surface area (Å²) < 4.78 is 13.7. The summed E-state index contributed by atoms with van der Waals surface area (Å²) in [7, 11) is 0. The quantitative estimate of drug-likeness (QED) is 0.679. The molecule has 0 radical (unpaired) electrons. The molecule has 1 aromatic heterocycles. The van der Waals surface area contributed by atoms with Crippen molar-refractivity contribution in [3.63, 3.8) is 0 Å². The molecule has 1 aromatic rings. The van der Waals surface area contributed by atoms with Gasteiger partial charge < -0.3 is 0 Å². The predicted molar refractivity (Wildman–Crippen MR) is 44.3 cm³/mol. The second kappa shape index (κ2) is 3.21. The van der Waals surface area contributed by atoms with Crippen molar-refractivity contribution >= 4 is 0 Å². The summed E-state index contributed by atoms with van der Waals surface area (Å²) in [6.07, 6.45) is 1.64. The molecule has 0 aliphatic rings. The lowest BCUT2D eigenvalue weighted by Crippen LogP contribution is -2.15. The summed E-state index contributed by atoms with van der Waals surface area (Å²) in [6.45, 7) is 6.53. The first-order chi connectivity index (χ1) is 5.51. The number of hydrogen-bond acceptors (Lipinski definition) is 2. The third-order valence-corrected chi connectivity index (χ3v) is 1.36. The van der Waals surface area contributed by atoms with Gasteiger partial charge in [0.15, 0.2) is 0 Å². The molecule has 4 heteroatoms. The molecule has 0 aromatic carbocycles. The van der Waals surface area contributed by atoms with E-state index in [1.807, 2.05) is 0 Å². The predicted octanol–water partition coefficient (Wildman–Crippen LogP) is 1.79. The number of nitrogens with zero attached hydrogens (tertiary/aromatic N) is 3. The fraction of sp³-hybridized carbons (Fsp3) is 0.750. The van der Waals surface area contributed by atoms with Gasteiger partial charge in [0.25, 0.3) is 0 Å². The average Bonchev–Trinajstić information content (AvgIpc) is 2.32. The Morgan fingerprint density at radius 1 is 1.50 bits per heavy atom. The maximum absolute atomic E-state index is 12.1. The van der Waals surface area contributed by atoms with Crippen LogP contribution in [0.15, 0.2) is 6.20 Å². The molecule has 0 atom stereocenters. The van der Waals surface area contributed by atoms with E-state index in [1.165, 1.54) is 0 Å². The second-order valence-electron chi connectivity index (χ2n) is 4.10. The highest BCUT2D eigenvalue weighted by Gasteiger charge is 2.12. The molecule has 0 spiro atoms. The van der Waals surface area contributed by atoms with Gasteiger partial charge in [-0.15, -0.1) is 5.10 Å². The van der Waals surface area contributed by atoms with Crippen LogP contribution in [0, 0.1) is 5.41 Å². The highest BCUT2D eigenvalue weighted by molar-refractivity contribution is 4.89. The van der Waals surface area contributed by atoms with Crippen LogP contribution in [0.4, 0.5) is 4.39 Å². The molecule has 0 aliphatic carbocycles. The van der Waals surface area contributed by atoms with Gasteiger partial charge in [0.05, 0.1) is 6.20 Å². The Hall–Kier alpha value is -0.930. The van der Waals surface area contributed by atoms with Crippen molar-refractivity contribution < 1.29 is 4.39 Å². The van der Waals surface area contributed by atoms with E-state index in [9.17, 15) is 4.39 Å². The first-order valence-electron chi connectivity index (χ1n) is 3.96. The van der Waals surface area contributed by atoms with Crippen LogP contribution in [0.1, 0.15) is 26.5 Å². The zero-order chi connectivity index (χ0) is 9.19. The van der Waals surface area contributed by atoms with E-state index in [0.717, 1.165) is 6.54 Å². The molecular formula is C8H14FN3. The standard InChI is InChI=1S/C8H14FN3/c1-8(2,3)6-12-5-7(4-9)10-11-12/h5H,4,6H2,1-3H3. The van der Waals surface area contributed by atoms with Crippen molar-refractivity contribution in [2.75, 3.05) is 0 Å². The van der Waals surface area contributed by atoms with Crippen LogP contribution in [-0.4, -0.2) is 15.0 Å².